The molecule has 0 aliphatic carbocycles. The van der Waals surface area contributed by atoms with Gasteiger partial charge in [-0.1, -0.05) is 12.1 Å². The number of sulfonamides is 1. The summed E-state index contributed by atoms with van der Waals surface area (Å²) >= 11 is 0. The smallest absolute Gasteiger partial charge is 0.266 e. The number of aryl methyl sites for hydroxylation is 3. The van der Waals surface area contributed by atoms with Crippen molar-refractivity contribution >= 4 is 27.2 Å². The molecule has 2 aromatic heterocycles. The molecule has 3 rings (SSSR count). The summed E-state index contributed by atoms with van der Waals surface area (Å²) in [7, 11) is -3.74. The van der Waals surface area contributed by atoms with E-state index in [4.69, 9.17) is 0 Å². The lowest BCUT2D eigenvalue weighted by Gasteiger charge is -2.10. The van der Waals surface area contributed by atoms with Crippen LogP contribution in [0.25, 0.3) is 0 Å². The quantitative estimate of drug-likeness (QED) is 0.651. The van der Waals surface area contributed by atoms with Gasteiger partial charge in [0.15, 0.2) is 0 Å². The van der Waals surface area contributed by atoms with Crippen LogP contribution in [-0.4, -0.2) is 23.6 Å². The molecule has 0 saturated carbocycles. The monoisotopic (exact) mass is 357 g/mol. The van der Waals surface area contributed by atoms with Gasteiger partial charge in [0, 0.05) is 5.69 Å². The minimum absolute atomic E-state index is 0.149. The minimum atomic E-state index is -3.74. The molecule has 8 heteroatoms. The second-order valence-electron chi connectivity index (χ2n) is 5.80. The maximum Gasteiger partial charge on any atom is 0.266 e. The molecule has 0 saturated heterocycles. The first-order valence-corrected chi connectivity index (χ1v) is 9.17. The highest BCUT2D eigenvalue weighted by molar-refractivity contribution is 7.92. The maximum atomic E-state index is 12.5. The van der Waals surface area contributed by atoms with E-state index in [9.17, 15) is 8.42 Å². The van der Waals surface area contributed by atoms with Crippen molar-refractivity contribution < 1.29 is 8.42 Å². The Labute approximate surface area is 146 Å². The molecule has 0 amide bonds. The van der Waals surface area contributed by atoms with Gasteiger partial charge in [-0.2, -0.15) is 5.10 Å². The first-order chi connectivity index (χ1) is 11.8. The van der Waals surface area contributed by atoms with Gasteiger partial charge in [-0.05, 0) is 50.6 Å². The fourth-order valence-electron chi connectivity index (χ4n) is 2.54. The largest absolute Gasteiger partial charge is 0.354 e. The third kappa shape index (κ3) is 3.80. The number of benzene rings is 1. The van der Waals surface area contributed by atoms with Gasteiger partial charge < -0.3 is 5.32 Å². The van der Waals surface area contributed by atoms with E-state index in [1.54, 1.807) is 32.2 Å². The van der Waals surface area contributed by atoms with Crippen LogP contribution < -0.4 is 10.0 Å². The molecule has 0 aliphatic rings. The van der Waals surface area contributed by atoms with Crippen LogP contribution in [0.2, 0.25) is 0 Å². The number of hydrogen-bond donors (Lipinski definition) is 3. The Bertz CT molecular complexity index is 975. The topological polar surface area (TPSA) is 99.8 Å². The van der Waals surface area contributed by atoms with E-state index in [-0.39, 0.29) is 10.7 Å². The van der Waals surface area contributed by atoms with Gasteiger partial charge in [-0.3, -0.25) is 9.82 Å². The van der Waals surface area contributed by atoms with E-state index in [1.165, 1.54) is 0 Å². The molecule has 130 valence electrons. The molecular formula is C17H19N5O2S. The highest BCUT2D eigenvalue weighted by Gasteiger charge is 2.22. The van der Waals surface area contributed by atoms with E-state index < -0.39 is 10.0 Å². The molecule has 7 nitrogen and oxygen atoms in total. The lowest BCUT2D eigenvalue weighted by atomic mass is 10.2. The Morgan fingerprint density at radius 1 is 1.04 bits per heavy atom. The number of aromatic nitrogens is 3. The summed E-state index contributed by atoms with van der Waals surface area (Å²) in [4.78, 5) is 4.32. The number of aromatic amines is 1. The molecule has 1 aromatic carbocycles. The van der Waals surface area contributed by atoms with E-state index in [0.29, 0.717) is 11.4 Å². The standard InChI is InChI=1S/C17H19N5O2S/c1-11-5-4-6-14(9-11)19-15-7-8-16(18-10-15)22-25(23,24)17-12(2)20-21-13(17)3/h4-10,19H,1-3H3,(H,18,22)(H,20,21). The summed E-state index contributed by atoms with van der Waals surface area (Å²) in [5.41, 5.74) is 3.77. The van der Waals surface area contributed by atoms with Gasteiger partial charge >= 0.3 is 0 Å². The van der Waals surface area contributed by atoms with Crippen molar-refractivity contribution in [3.8, 4) is 0 Å². The zero-order valence-electron chi connectivity index (χ0n) is 14.2. The van der Waals surface area contributed by atoms with Gasteiger partial charge in [0.1, 0.15) is 10.7 Å². The average molecular weight is 357 g/mol. The van der Waals surface area contributed by atoms with Crippen LogP contribution in [0.5, 0.6) is 0 Å². The van der Waals surface area contributed by atoms with Gasteiger partial charge in [0.25, 0.3) is 10.0 Å². The van der Waals surface area contributed by atoms with Crippen LogP contribution in [0.1, 0.15) is 17.0 Å². The lowest BCUT2D eigenvalue weighted by Crippen LogP contribution is -2.15. The highest BCUT2D eigenvalue weighted by atomic mass is 32.2. The lowest BCUT2D eigenvalue weighted by molar-refractivity contribution is 0.600. The number of nitrogens with one attached hydrogen (secondary N) is 3. The predicted octanol–water partition coefficient (Wildman–Crippen LogP) is 3.27. The minimum Gasteiger partial charge on any atom is -0.354 e. The SMILES string of the molecule is Cc1cccc(Nc2ccc(NS(=O)(=O)c3c(C)n[nH]c3C)nc2)c1. The van der Waals surface area contributed by atoms with E-state index in [1.807, 2.05) is 31.2 Å². The first-order valence-electron chi connectivity index (χ1n) is 7.69. The summed E-state index contributed by atoms with van der Waals surface area (Å²) in [6, 6.07) is 11.3. The van der Waals surface area contributed by atoms with Crippen molar-refractivity contribution in [3.05, 3.63) is 59.5 Å². The zero-order valence-corrected chi connectivity index (χ0v) is 15.0. The van der Waals surface area contributed by atoms with Crippen LogP contribution >= 0.6 is 0 Å². The predicted molar refractivity (Wildman–Crippen MR) is 97.6 cm³/mol. The van der Waals surface area contributed by atoms with Crippen LogP contribution in [0.15, 0.2) is 47.5 Å². The summed E-state index contributed by atoms with van der Waals surface area (Å²) in [6.07, 6.45) is 1.58. The number of hydrogen-bond acceptors (Lipinski definition) is 5. The van der Waals surface area contributed by atoms with Gasteiger partial charge in [0.2, 0.25) is 0 Å². The van der Waals surface area contributed by atoms with Gasteiger partial charge in [-0.25, -0.2) is 13.4 Å². The van der Waals surface area contributed by atoms with Crippen molar-refractivity contribution in [2.45, 2.75) is 25.7 Å². The molecule has 3 N–H and O–H groups in total. The summed E-state index contributed by atoms with van der Waals surface area (Å²) in [5.74, 6) is 0.245. The molecule has 0 bridgehead atoms. The molecule has 3 aromatic rings. The molecule has 2 heterocycles. The van der Waals surface area contributed by atoms with Crippen LogP contribution in [0.3, 0.4) is 0 Å². The normalized spacial score (nSPS) is 11.3. The second-order valence-corrected chi connectivity index (χ2v) is 7.41. The second kappa shape index (κ2) is 6.56. The molecule has 0 radical (unpaired) electrons. The molecule has 0 fully saturated rings. The molecule has 0 unspecified atom stereocenters. The van der Waals surface area contributed by atoms with Crippen molar-refractivity contribution in [1.29, 1.82) is 0 Å². The molecule has 0 aliphatic heterocycles. The summed E-state index contributed by atoms with van der Waals surface area (Å²) in [6.45, 7) is 5.32. The number of anilines is 3. The van der Waals surface area contributed by atoms with Crippen molar-refractivity contribution in [1.82, 2.24) is 15.2 Å². The van der Waals surface area contributed by atoms with Gasteiger partial charge in [-0.15, -0.1) is 0 Å². The fraction of sp³-hybridized carbons (Fsp3) is 0.176. The van der Waals surface area contributed by atoms with E-state index in [0.717, 1.165) is 16.9 Å². The third-order valence-corrected chi connectivity index (χ3v) is 5.26. The highest BCUT2D eigenvalue weighted by Crippen LogP contribution is 2.22. The van der Waals surface area contributed by atoms with Crippen LogP contribution in [-0.2, 0) is 10.0 Å². The van der Waals surface area contributed by atoms with Crippen molar-refractivity contribution in [2.24, 2.45) is 0 Å². The molecular weight excluding hydrogens is 338 g/mol. The Kier molecular flexibility index (Phi) is 4.45. The van der Waals surface area contributed by atoms with Gasteiger partial charge in [0.05, 0.1) is 23.3 Å². The number of nitrogens with zero attached hydrogens (tertiary/aromatic N) is 2. The number of pyridine rings is 1. The number of H-pyrrole nitrogens is 1. The maximum absolute atomic E-state index is 12.5. The molecule has 0 atom stereocenters. The third-order valence-electron chi connectivity index (χ3n) is 3.64. The van der Waals surface area contributed by atoms with Crippen LogP contribution in [0.4, 0.5) is 17.2 Å². The Morgan fingerprint density at radius 2 is 1.84 bits per heavy atom. The Balaban J connectivity index is 1.77. The number of rotatable bonds is 5. The Morgan fingerprint density at radius 3 is 2.44 bits per heavy atom. The van der Waals surface area contributed by atoms with E-state index >= 15 is 0 Å². The van der Waals surface area contributed by atoms with Crippen molar-refractivity contribution in [3.63, 3.8) is 0 Å². The van der Waals surface area contributed by atoms with Crippen LogP contribution in [0, 0.1) is 20.8 Å². The average Bonchev–Trinajstić information content (AvgIpc) is 2.89. The van der Waals surface area contributed by atoms with E-state index in [2.05, 4.69) is 25.2 Å². The van der Waals surface area contributed by atoms with Crippen molar-refractivity contribution in [2.75, 3.05) is 10.0 Å². The Hall–Kier alpha value is -2.87. The summed E-state index contributed by atoms with van der Waals surface area (Å²) < 4.78 is 27.5. The summed E-state index contributed by atoms with van der Waals surface area (Å²) in [5, 5.41) is 9.81. The fourth-order valence-corrected chi connectivity index (χ4v) is 3.92. The molecule has 0 spiro atoms. The zero-order chi connectivity index (χ0) is 18.0. The first kappa shape index (κ1) is 17.0. The molecule has 25 heavy (non-hydrogen) atoms.